The van der Waals surface area contributed by atoms with E-state index in [1.807, 2.05) is 0 Å². The van der Waals surface area contributed by atoms with Crippen molar-refractivity contribution < 1.29 is 9.90 Å². The minimum absolute atomic E-state index is 0.214. The molecule has 0 fully saturated rings. The van der Waals surface area contributed by atoms with Gasteiger partial charge < -0.3 is 15.4 Å². The Morgan fingerprint density at radius 1 is 1.77 bits per heavy atom. The summed E-state index contributed by atoms with van der Waals surface area (Å²) in [5.74, 6) is -0.834. The molecule has 0 saturated carbocycles. The standard InChI is InChI=1S/C7H9N3O3/c1-2-4(11)10-5-6(12)8-3-9-7(5)13/h3H,2H2,1H3,(H,10,11)(H2,8,9,12,13). The van der Waals surface area contributed by atoms with Gasteiger partial charge in [-0.05, 0) is 0 Å². The Hall–Kier alpha value is -1.85. The first-order chi connectivity index (χ1) is 6.15. The first-order valence-electron chi connectivity index (χ1n) is 3.71. The van der Waals surface area contributed by atoms with Crippen LogP contribution in [0.3, 0.4) is 0 Å². The summed E-state index contributed by atoms with van der Waals surface area (Å²) in [5.41, 5.74) is -0.788. The Morgan fingerprint density at radius 3 is 3.00 bits per heavy atom. The second-order valence-corrected chi connectivity index (χ2v) is 2.33. The maximum Gasteiger partial charge on any atom is 0.278 e. The third kappa shape index (κ3) is 2.05. The molecule has 1 aromatic rings. The SMILES string of the molecule is CCC(=O)Nc1c(O)nc[nH]c1=O. The minimum atomic E-state index is -0.575. The smallest absolute Gasteiger partial charge is 0.278 e. The number of nitrogens with zero attached hydrogens (tertiary/aromatic N) is 1. The van der Waals surface area contributed by atoms with Crippen LogP contribution in [0.1, 0.15) is 13.3 Å². The van der Waals surface area contributed by atoms with Crippen LogP contribution in [-0.4, -0.2) is 21.0 Å². The molecule has 6 nitrogen and oxygen atoms in total. The number of aromatic nitrogens is 2. The van der Waals surface area contributed by atoms with Crippen LogP contribution in [-0.2, 0) is 4.79 Å². The fourth-order valence-electron chi connectivity index (χ4n) is 0.731. The van der Waals surface area contributed by atoms with E-state index in [2.05, 4.69) is 15.3 Å². The Balaban J connectivity index is 3.00. The van der Waals surface area contributed by atoms with Crippen LogP contribution in [0.4, 0.5) is 5.69 Å². The van der Waals surface area contributed by atoms with E-state index in [0.717, 1.165) is 6.33 Å². The minimum Gasteiger partial charge on any atom is -0.492 e. The zero-order valence-corrected chi connectivity index (χ0v) is 7.00. The fourth-order valence-corrected chi connectivity index (χ4v) is 0.731. The predicted octanol–water partition coefficient (Wildman–Crippen LogP) is -0.176. The molecule has 0 aliphatic carbocycles. The van der Waals surface area contributed by atoms with Crippen molar-refractivity contribution in [3.63, 3.8) is 0 Å². The number of H-pyrrole nitrogens is 1. The lowest BCUT2D eigenvalue weighted by Crippen LogP contribution is -2.19. The topological polar surface area (TPSA) is 95.1 Å². The van der Waals surface area contributed by atoms with E-state index in [-0.39, 0.29) is 18.0 Å². The number of carbonyl (C=O) groups excluding carboxylic acids is 1. The third-order valence-electron chi connectivity index (χ3n) is 1.42. The summed E-state index contributed by atoms with van der Waals surface area (Å²) in [4.78, 5) is 27.5. The predicted molar refractivity (Wildman–Crippen MR) is 45.4 cm³/mol. The molecule has 0 bridgehead atoms. The number of aromatic hydroxyl groups is 1. The van der Waals surface area contributed by atoms with E-state index in [0.29, 0.717) is 0 Å². The molecular weight excluding hydrogens is 174 g/mol. The van der Waals surface area contributed by atoms with Gasteiger partial charge in [-0.15, -0.1) is 0 Å². The van der Waals surface area contributed by atoms with Crippen LogP contribution in [0, 0.1) is 0 Å². The lowest BCUT2D eigenvalue weighted by Gasteiger charge is -2.02. The van der Waals surface area contributed by atoms with Crippen LogP contribution in [0.2, 0.25) is 0 Å². The second-order valence-electron chi connectivity index (χ2n) is 2.33. The molecule has 0 aliphatic rings. The van der Waals surface area contributed by atoms with Crippen LogP contribution in [0.25, 0.3) is 0 Å². The molecule has 1 rings (SSSR count). The molecule has 0 saturated heterocycles. The molecule has 0 radical (unpaired) electrons. The Morgan fingerprint density at radius 2 is 2.46 bits per heavy atom. The molecule has 0 spiro atoms. The number of hydrogen-bond acceptors (Lipinski definition) is 4. The zero-order valence-electron chi connectivity index (χ0n) is 7.00. The molecule has 13 heavy (non-hydrogen) atoms. The van der Waals surface area contributed by atoms with Crippen molar-refractivity contribution in [2.24, 2.45) is 0 Å². The molecule has 0 aromatic carbocycles. The van der Waals surface area contributed by atoms with Gasteiger partial charge in [0.1, 0.15) is 0 Å². The van der Waals surface area contributed by atoms with Crippen LogP contribution in [0.15, 0.2) is 11.1 Å². The van der Waals surface area contributed by atoms with Crippen LogP contribution in [0.5, 0.6) is 5.88 Å². The van der Waals surface area contributed by atoms with Gasteiger partial charge in [-0.3, -0.25) is 9.59 Å². The highest BCUT2D eigenvalue weighted by atomic mass is 16.3. The van der Waals surface area contributed by atoms with Crippen molar-refractivity contribution in [1.82, 2.24) is 9.97 Å². The highest BCUT2D eigenvalue weighted by molar-refractivity contribution is 5.91. The van der Waals surface area contributed by atoms with Gasteiger partial charge in [0.15, 0.2) is 5.69 Å². The largest absolute Gasteiger partial charge is 0.492 e. The number of hydrogen-bond donors (Lipinski definition) is 3. The molecule has 1 amide bonds. The maximum atomic E-state index is 11.0. The average molecular weight is 183 g/mol. The van der Waals surface area contributed by atoms with Gasteiger partial charge in [-0.25, -0.2) is 4.98 Å². The highest BCUT2D eigenvalue weighted by Gasteiger charge is 2.09. The normalized spacial score (nSPS) is 9.62. The number of anilines is 1. The van der Waals surface area contributed by atoms with Crippen molar-refractivity contribution in [3.8, 4) is 5.88 Å². The summed E-state index contributed by atoms with van der Waals surface area (Å²) in [7, 11) is 0. The van der Waals surface area contributed by atoms with Crippen LogP contribution >= 0.6 is 0 Å². The van der Waals surface area contributed by atoms with Gasteiger partial charge in [-0.2, -0.15) is 0 Å². The Kier molecular flexibility index (Phi) is 2.63. The highest BCUT2D eigenvalue weighted by Crippen LogP contribution is 2.11. The lowest BCUT2D eigenvalue weighted by atomic mass is 10.4. The summed E-state index contributed by atoms with van der Waals surface area (Å²) in [6.45, 7) is 1.64. The van der Waals surface area contributed by atoms with E-state index in [1.54, 1.807) is 6.92 Å². The molecule has 3 N–H and O–H groups in total. The first kappa shape index (κ1) is 9.24. The summed E-state index contributed by atoms with van der Waals surface area (Å²) in [6.07, 6.45) is 1.28. The summed E-state index contributed by atoms with van der Waals surface area (Å²) < 4.78 is 0. The molecule has 0 aliphatic heterocycles. The maximum absolute atomic E-state index is 11.0. The quantitative estimate of drug-likeness (QED) is 0.592. The summed E-state index contributed by atoms with van der Waals surface area (Å²) >= 11 is 0. The van der Waals surface area contributed by atoms with Gasteiger partial charge >= 0.3 is 0 Å². The van der Waals surface area contributed by atoms with E-state index in [1.165, 1.54) is 0 Å². The lowest BCUT2D eigenvalue weighted by molar-refractivity contribution is -0.115. The molecule has 0 unspecified atom stereocenters. The number of aromatic amines is 1. The van der Waals surface area contributed by atoms with Crippen molar-refractivity contribution in [3.05, 3.63) is 16.7 Å². The molecule has 1 heterocycles. The van der Waals surface area contributed by atoms with Crippen molar-refractivity contribution in [1.29, 1.82) is 0 Å². The monoisotopic (exact) mass is 183 g/mol. The summed E-state index contributed by atoms with van der Waals surface area (Å²) in [6, 6.07) is 0. The molecule has 70 valence electrons. The van der Waals surface area contributed by atoms with E-state index < -0.39 is 11.4 Å². The van der Waals surface area contributed by atoms with Gasteiger partial charge in [0.2, 0.25) is 11.8 Å². The van der Waals surface area contributed by atoms with Crippen molar-refractivity contribution in [2.45, 2.75) is 13.3 Å². The number of amides is 1. The second kappa shape index (κ2) is 3.70. The number of rotatable bonds is 2. The van der Waals surface area contributed by atoms with Crippen molar-refractivity contribution in [2.75, 3.05) is 5.32 Å². The Bertz CT molecular complexity index is 371. The van der Waals surface area contributed by atoms with Gasteiger partial charge in [0.05, 0.1) is 6.33 Å². The molecule has 0 atom stereocenters. The first-order valence-corrected chi connectivity index (χ1v) is 3.71. The Labute approximate surface area is 73.6 Å². The van der Waals surface area contributed by atoms with Crippen LogP contribution < -0.4 is 10.9 Å². The molecule has 1 aromatic heterocycles. The van der Waals surface area contributed by atoms with E-state index >= 15 is 0 Å². The van der Waals surface area contributed by atoms with Crippen molar-refractivity contribution >= 4 is 11.6 Å². The van der Waals surface area contributed by atoms with E-state index in [4.69, 9.17) is 5.11 Å². The average Bonchev–Trinajstić information content (AvgIpc) is 2.11. The zero-order chi connectivity index (χ0) is 9.84. The van der Waals surface area contributed by atoms with Gasteiger partial charge in [0, 0.05) is 6.42 Å². The number of nitrogens with one attached hydrogen (secondary N) is 2. The van der Waals surface area contributed by atoms with Gasteiger partial charge in [0.25, 0.3) is 5.56 Å². The fraction of sp³-hybridized carbons (Fsp3) is 0.286. The summed E-state index contributed by atoms with van der Waals surface area (Å²) in [5, 5.41) is 11.3. The molecular formula is C7H9N3O3. The third-order valence-corrected chi connectivity index (χ3v) is 1.42. The molecule has 6 heteroatoms. The van der Waals surface area contributed by atoms with E-state index in [9.17, 15) is 9.59 Å². The van der Waals surface area contributed by atoms with Gasteiger partial charge in [-0.1, -0.05) is 6.92 Å². The number of carbonyl (C=O) groups is 1.